The number of hydrogen-bond donors (Lipinski definition) is 1. The summed E-state index contributed by atoms with van der Waals surface area (Å²) >= 11 is 0. The predicted octanol–water partition coefficient (Wildman–Crippen LogP) is 2.89. The summed E-state index contributed by atoms with van der Waals surface area (Å²) in [6.07, 6.45) is 5.28. The third-order valence-electron chi connectivity index (χ3n) is 7.13. The van der Waals surface area contributed by atoms with Crippen LogP contribution >= 0.6 is 0 Å². The van der Waals surface area contributed by atoms with Crippen molar-refractivity contribution >= 4 is 28.9 Å². The lowest BCUT2D eigenvalue weighted by molar-refractivity contribution is -0.135. The van der Waals surface area contributed by atoms with E-state index in [0.717, 1.165) is 29.8 Å². The molecule has 3 aromatic rings. The maximum absolute atomic E-state index is 13.0. The van der Waals surface area contributed by atoms with E-state index >= 15 is 0 Å². The first-order valence-electron chi connectivity index (χ1n) is 12.9. The molecule has 1 N–H and O–H groups in total. The van der Waals surface area contributed by atoms with Crippen molar-refractivity contribution in [1.29, 1.82) is 0 Å². The largest absolute Gasteiger partial charge is 0.444 e. The molecule has 1 unspecified atom stereocenters. The summed E-state index contributed by atoms with van der Waals surface area (Å²) in [6.45, 7) is 6.77. The van der Waals surface area contributed by atoms with Gasteiger partial charge in [-0.2, -0.15) is 0 Å². The summed E-state index contributed by atoms with van der Waals surface area (Å²) < 4.78 is 8.45. The van der Waals surface area contributed by atoms with Crippen LogP contribution in [0.4, 0.5) is 4.79 Å². The molecule has 1 atom stereocenters. The van der Waals surface area contributed by atoms with Crippen molar-refractivity contribution in [3.8, 4) is 11.1 Å². The van der Waals surface area contributed by atoms with Crippen molar-refractivity contribution in [3.05, 3.63) is 46.9 Å². The van der Waals surface area contributed by atoms with Crippen molar-refractivity contribution in [1.82, 2.24) is 29.3 Å². The number of nitrogens with one attached hydrogen (secondary N) is 1. The predicted molar refractivity (Wildman–Crippen MR) is 139 cm³/mol. The number of aryl methyl sites for hydroxylation is 1. The van der Waals surface area contributed by atoms with Gasteiger partial charge in [-0.1, -0.05) is 6.07 Å². The second-order valence-electron chi connectivity index (χ2n) is 11.0. The number of likely N-dealkylation sites (tertiary alicyclic amines) is 1. The Morgan fingerprint density at radius 1 is 1.00 bits per heavy atom. The van der Waals surface area contributed by atoms with Crippen LogP contribution < -0.4 is 11.0 Å². The monoisotopic (exact) mass is 520 g/mol. The van der Waals surface area contributed by atoms with Gasteiger partial charge >= 0.3 is 11.8 Å². The second kappa shape index (κ2) is 9.70. The van der Waals surface area contributed by atoms with E-state index in [1.807, 2.05) is 39.0 Å². The van der Waals surface area contributed by atoms with Crippen molar-refractivity contribution in [2.45, 2.75) is 64.0 Å². The molecule has 0 bridgehead atoms. The Morgan fingerprint density at radius 3 is 2.32 bits per heavy atom. The van der Waals surface area contributed by atoms with Gasteiger partial charge in [-0.15, -0.1) is 0 Å². The number of piperidine rings is 2. The Labute approximate surface area is 219 Å². The Bertz CT molecular complexity index is 1460. The van der Waals surface area contributed by atoms with E-state index < -0.39 is 17.6 Å². The molecule has 0 aliphatic carbocycles. The summed E-state index contributed by atoms with van der Waals surface area (Å²) in [5.74, 6) is 0.128. The third kappa shape index (κ3) is 4.92. The molecule has 5 rings (SSSR count). The number of fused-ring (bicyclic) bond motifs is 1. The smallest absolute Gasteiger partial charge is 0.410 e. The van der Waals surface area contributed by atoms with Gasteiger partial charge in [-0.3, -0.25) is 24.0 Å². The van der Waals surface area contributed by atoms with Gasteiger partial charge in [0.25, 0.3) is 0 Å². The first-order chi connectivity index (χ1) is 18.0. The van der Waals surface area contributed by atoms with Gasteiger partial charge in [0.2, 0.25) is 11.8 Å². The average Bonchev–Trinajstić information content (AvgIpc) is 3.12. The maximum Gasteiger partial charge on any atom is 0.410 e. The summed E-state index contributed by atoms with van der Waals surface area (Å²) in [4.78, 5) is 60.3. The van der Waals surface area contributed by atoms with Crippen LogP contribution in [0.1, 0.15) is 64.2 Å². The topological polar surface area (TPSA) is 128 Å². The molecule has 2 aromatic heterocycles. The van der Waals surface area contributed by atoms with Crippen molar-refractivity contribution in [3.63, 3.8) is 0 Å². The Balaban J connectivity index is 1.32. The fraction of sp³-hybridized carbons (Fsp3) is 0.481. The molecule has 0 saturated carbocycles. The first-order valence-corrected chi connectivity index (χ1v) is 12.9. The fourth-order valence-corrected chi connectivity index (χ4v) is 5.12. The number of nitrogens with zero attached hydrogens (tertiary/aromatic N) is 5. The molecule has 0 radical (unpaired) electrons. The molecule has 11 heteroatoms. The number of benzene rings is 1. The molecule has 2 saturated heterocycles. The SMILES string of the molecule is Cn1c(=O)n(C2CCC(=O)NC2=O)c2ccc(-c3cnc(C4CCN(C(=O)OC(C)(C)C)CC4)nc3)cc21. The van der Waals surface area contributed by atoms with E-state index in [9.17, 15) is 19.2 Å². The standard InChI is InChI=1S/C27H32N6O5/c1-27(2,3)38-26(37)32-11-9-16(10-12-32)23-28-14-18(15-29-23)17-5-6-19-21(13-17)31(4)25(36)33(19)20-7-8-22(34)30-24(20)35/h5-6,13-16,20H,7-12H2,1-4H3,(H,30,34,35). The Hall–Kier alpha value is -4.02. The Kier molecular flexibility index (Phi) is 6.54. The van der Waals surface area contributed by atoms with E-state index in [1.165, 1.54) is 9.13 Å². The molecule has 2 aliphatic heterocycles. The summed E-state index contributed by atoms with van der Waals surface area (Å²) in [5, 5.41) is 2.33. The molecule has 3 amide bonds. The quantitative estimate of drug-likeness (QED) is 0.526. The minimum atomic E-state index is -0.723. The van der Waals surface area contributed by atoms with Gasteiger partial charge in [-0.25, -0.2) is 19.6 Å². The summed E-state index contributed by atoms with van der Waals surface area (Å²) in [6, 6.07) is 4.86. The van der Waals surface area contributed by atoms with Crippen molar-refractivity contribution in [2.75, 3.05) is 13.1 Å². The molecule has 4 heterocycles. The number of carbonyl (C=O) groups excluding carboxylic acids is 3. The van der Waals surface area contributed by atoms with Crippen LogP contribution in [-0.4, -0.2) is 60.6 Å². The highest BCUT2D eigenvalue weighted by Gasteiger charge is 2.31. The minimum absolute atomic E-state index is 0.161. The van der Waals surface area contributed by atoms with Crippen LogP contribution in [0.2, 0.25) is 0 Å². The number of amides is 3. The maximum atomic E-state index is 13.0. The molecule has 38 heavy (non-hydrogen) atoms. The fourth-order valence-electron chi connectivity index (χ4n) is 5.12. The lowest BCUT2D eigenvalue weighted by atomic mass is 9.96. The van der Waals surface area contributed by atoms with Crippen molar-refractivity contribution in [2.24, 2.45) is 7.05 Å². The van der Waals surface area contributed by atoms with E-state index in [1.54, 1.807) is 24.3 Å². The molecule has 2 aliphatic rings. The molecule has 1 aromatic carbocycles. The van der Waals surface area contributed by atoms with Gasteiger partial charge in [-0.05, 0) is 57.7 Å². The third-order valence-corrected chi connectivity index (χ3v) is 7.13. The van der Waals surface area contributed by atoms with Crippen molar-refractivity contribution < 1.29 is 19.1 Å². The van der Waals surface area contributed by atoms with Crippen LogP contribution in [0.15, 0.2) is 35.4 Å². The molecular weight excluding hydrogens is 488 g/mol. The lowest BCUT2D eigenvalue weighted by Crippen LogP contribution is -2.44. The van der Waals surface area contributed by atoms with Crippen LogP contribution in [-0.2, 0) is 21.4 Å². The number of rotatable bonds is 3. The zero-order chi connectivity index (χ0) is 27.2. The highest BCUT2D eigenvalue weighted by atomic mass is 16.6. The second-order valence-corrected chi connectivity index (χ2v) is 11.0. The van der Waals surface area contributed by atoms with E-state index in [-0.39, 0.29) is 36.4 Å². The molecule has 2 fully saturated rings. The minimum Gasteiger partial charge on any atom is -0.444 e. The van der Waals surface area contributed by atoms with E-state index in [4.69, 9.17) is 4.74 Å². The number of carbonyl (C=O) groups is 3. The first kappa shape index (κ1) is 25.6. The highest BCUT2D eigenvalue weighted by molar-refractivity contribution is 6.00. The van der Waals surface area contributed by atoms with Gasteiger partial charge < -0.3 is 9.64 Å². The molecule has 0 spiro atoms. The number of imidazole rings is 1. The molecule has 200 valence electrons. The highest BCUT2D eigenvalue weighted by Crippen LogP contribution is 2.29. The summed E-state index contributed by atoms with van der Waals surface area (Å²) in [5.41, 5.74) is 2.13. The zero-order valence-electron chi connectivity index (χ0n) is 22.1. The van der Waals surface area contributed by atoms with Crippen LogP contribution in [0.5, 0.6) is 0 Å². The van der Waals surface area contributed by atoms with Crippen LogP contribution in [0, 0.1) is 0 Å². The van der Waals surface area contributed by atoms with E-state index in [2.05, 4.69) is 15.3 Å². The van der Waals surface area contributed by atoms with Crippen LogP contribution in [0.25, 0.3) is 22.2 Å². The van der Waals surface area contributed by atoms with E-state index in [0.29, 0.717) is 24.1 Å². The number of imide groups is 1. The number of ether oxygens (including phenoxy) is 1. The van der Waals surface area contributed by atoms with Gasteiger partial charge in [0.1, 0.15) is 17.5 Å². The average molecular weight is 521 g/mol. The lowest BCUT2D eigenvalue weighted by Gasteiger charge is -2.32. The molecular formula is C27H32N6O5. The number of hydrogen-bond acceptors (Lipinski definition) is 7. The van der Waals surface area contributed by atoms with Gasteiger partial charge in [0, 0.05) is 50.4 Å². The van der Waals surface area contributed by atoms with Crippen LogP contribution in [0.3, 0.4) is 0 Å². The summed E-state index contributed by atoms with van der Waals surface area (Å²) in [7, 11) is 1.67. The Morgan fingerprint density at radius 2 is 1.68 bits per heavy atom. The zero-order valence-corrected chi connectivity index (χ0v) is 22.1. The van der Waals surface area contributed by atoms with Gasteiger partial charge in [0.15, 0.2) is 0 Å². The van der Waals surface area contributed by atoms with Gasteiger partial charge in [0.05, 0.1) is 11.0 Å². The normalized spacial score (nSPS) is 19.1. The molecule has 11 nitrogen and oxygen atoms in total. The number of aromatic nitrogens is 4.